The molecule has 0 radical (unpaired) electrons. The number of amides is 1. The number of carbonyl (C=O) groups is 1. The van der Waals surface area contributed by atoms with E-state index in [1.807, 2.05) is 24.3 Å². The molecule has 0 spiro atoms. The molecular weight excluding hydrogens is 374 g/mol. The second kappa shape index (κ2) is 8.21. The molecule has 0 saturated carbocycles. The molecule has 1 heterocycles. The van der Waals surface area contributed by atoms with Crippen molar-refractivity contribution in [2.75, 3.05) is 33.0 Å². The lowest BCUT2D eigenvalue weighted by molar-refractivity contribution is -0.116. The summed E-state index contributed by atoms with van der Waals surface area (Å²) in [5.74, 6) is -0.0282. The minimum atomic E-state index is -3.64. The number of aromatic nitrogens is 2. The van der Waals surface area contributed by atoms with Gasteiger partial charge < -0.3 is 0 Å². The van der Waals surface area contributed by atoms with Gasteiger partial charge in [0.05, 0.1) is 6.54 Å². The molecule has 0 bridgehead atoms. The van der Waals surface area contributed by atoms with E-state index in [4.69, 9.17) is 0 Å². The summed E-state index contributed by atoms with van der Waals surface area (Å²) in [6, 6.07) is 8.03. The summed E-state index contributed by atoms with van der Waals surface area (Å²) in [6.07, 6.45) is 0. The monoisotopic (exact) mass is 397 g/mol. The van der Waals surface area contributed by atoms with Crippen LogP contribution in [0.25, 0.3) is 10.6 Å². The van der Waals surface area contributed by atoms with Gasteiger partial charge in [-0.25, -0.2) is 0 Å². The summed E-state index contributed by atoms with van der Waals surface area (Å²) in [5, 5.41) is 11.6. The normalized spacial score (nSPS) is 12.2. The Labute approximate surface area is 158 Å². The van der Waals surface area contributed by atoms with Crippen LogP contribution in [0.2, 0.25) is 0 Å². The molecular formula is C16H23N5O3S2. The third kappa shape index (κ3) is 4.85. The topological polar surface area (TPSA) is 95.5 Å². The molecule has 0 fully saturated rings. The van der Waals surface area contributed by atoms with Crippen molar-refractivity contribution in [1.29, 1.82) is 0 Å². The zero-order chi connectivity index (χ0) is 19.5. The molecule has 0 unspecified atom stereocenters. The lowest BCUT2D eigenvalue weighted by Gasteiger charge is -2.20. The summed E-state index contributed by atoms with van der Waals surface area (Å²) in [5.41, 5.74) is 2.15. The molecule has 1 aromatic carbocycles. The van der Waals surface area contributed by atoms with Crippen LogP contribution in [0.5, 0.6) is 0 Å². The maximum atomic E-state index is 12.1. The molecule has 26 heavy (non-hydrogen) atoms. The highest BCUT2D eigenvalue weighted by Gasteiger charge is 2.23. The van der Waals surface area contributed by atoms with E-state index in [0.717, 1.165) is 14.2 Å². The van der Waals surface area contributed by atoms with E-state index in [0.29, 0.717) is 16.1 Å². The van der Waals surface area contributed by atoms with E-state index in [2.05, 4.69) is 29.4 Å². The van der Waals surface area contributed by atoms with Crippen molar-refractivity contribution in [3.05, 3.63) is 29.8 Å². The van der Waals surface area contributed by atoms with Gasteiger partial charge in [0.2, 0.25) is 11.0 Å². The summed E-state index contributed by atoms with van der Waals surface area (Å²) in [6.45, 7) is 3.95. The van der Waals surface area contributed by atoms with Crippen molar-refractivity contribution >= 4 is 32.6 Å². The fourth-order valence-electron chi connectivity index (χ4n) is 2.12. The Balaban J connectivity index is 2.03. The Kier molecular flexibility index (Phi) is 6.45. The molecule has 0 atom stereocenters. The maximum Gasteiger partial charge on any atom is 0.281 e. The number of hydrogen-bond donors (Lipinski definition) is 1. The van der Waals surface area contributed by atoms with Gasteiger partial charge in [-0.2, -0.15) is 17.0 Å². The number of rotatable bonds is 7. The number of carbonyl (C=O) groups excluding carboxylic acids is 1. The highest BCUT2D eigenvalue weighted by molar-refractivity contribution is 7.86. The Hall–Kier alpha value is -1.88. The molecule has 2 rings (SSSR count). The summed E-state index contributed by atoms with van der Waals surface area (Å²) < 4.78 is 25.9. The molecule has 0 aliphatic carbocycles. The highest BCUT2D eigenvalue weighted by atomic mass is 32.2. The number of likely N-dealkylation sites (N-methyl/N-ethyl adjacent to an activating group) is 1. The molecule has 1 aromatic heterocycles. The lowest BCUT2D eigenvalue weighted by Crippen LogP contribution is -2.41. The molecule has 0 aliphatic rings. The average molecular weight is 398 g/mol. The molecule has 1 N–H and O–H groups in total. The second-order valence-corrected chi connectivity index (χ2v) is 9.51. The lowest BCUT2D eigenvalue weighted by atomic mass is 10.0. The quantitative estimate of drug-likeness (QED) is 0.771. The minimum absolute atomic E-state index is 0.307. The molecule has 10 heteroatoms. The number of hydrogen-bond acceptors (Lipinski definition) is 6. The fraction of sp³-hybridized carbons (Fsp3) is 0.438. The van der Waals surface area contributed by atoms with Crippen molar-refractivity contribution in [3.8, 4) is 10.6 Å². The van der Waals surface area contributed by atoms with Crippen molar-refractivity contribution < 1.29 is 13.2 Å². The molecule has 0 saturated heterocycles. The van der Waals surface area contributed by atoms with Crippen LogP contribution in [0.3, 0.4) is 0 Å². The average Bonchev–Trinajstić information content (AvgIpc) is 3.02. The Bertz CT molecular complexity index is 860. The minimum Gasteiger partial charge on any atom is -0.299 e. The predicted octanol–water partition coefficient (Wildman–Crippen LogP) is 2.01. The van der Waals surface area contributed by atoms with E-state index in [1.54, 1.807) is 0 Å². The smallest absolute Gasteiger partial charge is 0.281 e. The van der Waals surface area contributed by atoms with Gasteiger partial charge in [0.1, 0.15) is 5.01 Å². The van der Waals surface area contributed by atoms with Crippen molar-refractivity contribution in [2.45, 2.75) is 19.8 Å². The van der Waals surface area contributed by atoms with Crippen LogP contribution in [0, 0.1) is 0 Å². The van der Waals surface area contributed by atoms with Crippen molar-refractivity contribution in [1.82, 2.24) is 18.8 Å². The Morgan fingerprint density at radius 1 is 1.15 bits per heavy atom. The van der Waals surface area contributed by atoms with E-state index < -0.39 is 16.1 Å². The Morgan fingerprint density at radius 3 is 2.31 bits per heavy atom. The van der Waals surface area contributed by atoms with Crippen LogP contribution in [-0.2, 0) is 15.0 Å². The largest absolute Gasteiger partial charge is 0.299 e. The first kappa shape index (κ1) is 20.4. The van der Waals surface area contributed by atoms with E-state index >= 15 is 0 Å². The number of benzene rings is 1. The highest BCUT2D eigenvalue weighted by Crippen LogP contribution is 2.27. The summed E-state index contributed by atoms with van der Waals surface area (Å²) >= 11 is 1.24. The van der Waals surface area contributed by atoms with E-state index in [-0.39, 0.29) is 6.54 Å². The van der Waals surface area contributed by atoms with Crippen LogP contribution in [0.15, 0.2) is 24.3 Å². The summed E-state index contributed by atoms with van der Waals surface area (Å²) in [4.78, 5) is 12.1. The van der Waals surface area contributed by atoms with Crippen LogP contribution in [-0.4, -0.2) is 60.8 Å². The first-order valence-electron chi connectivity index (χ1n) is 7.98. The zero-order valence-electron chi connectivity index (χ0n) is 15.4. The number of anilines is 1. The van der Waals surface area contributed by atoms with Crippen LogP contribution < -0.4 is 5.32 Å². The first-order valence-corrected chi connectivity index (χ1v) is 10.2. The number of nitrogens with one attached hydrogen (secondary N) is 1. The van der Waals surface area contributed by atoms with Gasteiger partial charge in [-0.15, -0.1) is 10.2 Å². The van der Waals surface area contributed by atoms with Gasteiger partial charge in [0.25, 0.3) is 10.2 Å². The van der Waals surface area contributed by atoms with Gasteiger partial charge in [-0.1, -0.05) is 49.4 Å². The SMILES string of the molecule is CC(C)c1ccc(-c2nnc(NC(=O)CN(C)S(=O)(=O)N(C)C)s2)cc1. The standard InChI is InChI=1S/C16H23N5O3S2/c1-11(2)12-6-8-13(9-7-12)15-18-19-16(25-15)17-14(22)10-21(5)26(23,24)20(3)4/h6-9,11H,10H2,1-5H3,(H,17,19,22). The molecule has 2 aromatic rings. The fourth-order valence-corrected chi connectivity index (χ4v) is 3.73. The van der Waals surface area contributed by atoms with Crippen molar-refractivity contribution in [3.63, 3.8) is 0 Å². The van der Waals surface area contributed by atoms with Crippen LogP contribution in [0.1, 0.15) is 25.3 Å². The predicted molar refractivity (Wildman–Crippen MR) is 103 cm³/mol. The van der Waals surface area contributed by atoms with Gasteiger partial charge in [-0.3, -0.25) is 10.1 Å². The molecule has 8 nitrogen and oxygen atoms in total. The van der Waals surface area contributed by atoms with Gasteiger partial charge in [-0.05, 0) is 11.5 Å². The van der Waals surface area contributed by atoms with E-state index in [1.165, 1.54) is 38.0 Å². The zero-order valence-corrected chi connectivity index (χ0v) is 17.1. The number of nitrogens with zero attached hydrogens (tertiary/aromatic N) is 4. The van der Waals surface area contributed by atoms with Crippen LogP contribution >= 0.6 is 11.3 Å². The van der Waals surface area contributed by atoms with E-state index in [9.17, 15) is 13.2 Å². The maximum absolute atomic E-state index is 12.1. The third-order valence-electron chi connectivity index (χ3n) is 3.72. The molecule has 0 aliphatic heterocycles. The van der Waals surface area contributed by atoms with Gasteiger partial charge in [0, 0.05) is 26.7 Å². The van der Waals surface area contributed by atoms with Gasteiger partial charge in [0.15, 0.2) is 0 Å². The van der Waals surface area contributed by atoms with Crippen molar-refractivity contribution in [2.24, 2.45) is 0 Å². The third-order valence-corrected chi connectivity index (χ3v) is 6.44. The first-order chi connectivity index (χ1) is 12.1. The summed E-state index contributed by atoms with van der Waals surface area (Å²) in [7, 11) is 0.520. The van der Waals surface area contributed by atoms with Gasteiger partial charge >= 0.3 is 0 Å². The van der Waals surface area contributed by atoms with Crippen LogP contribution in [0.4, 0.5) is 5.13 Å². The second-order valence-electron chi connectivity index (χ2n) is 6.28. The molecule has 1 amide bonds. The molecule has 142 valence electrons. The Morgan fingerprint density at radius 2 is 1.77 bits per heavy atom.